The number of para-hydroxylation sites is 1. The van der Waals surface area contributed by atoms with Crippen LogP contribution in [-0.4, -0.2) is 6.54 Å². The van der Waals surface area contributed by atoms with Gasteiger partial charge in [0, 0.05) is 11.5 Å². The summed E-state index contributed by atoms with van der Waals surface area (Å²) < 4.78 is 6.04. The molecule has 0 saturated heterocycles. The van der Waals surface area contributed by atoms with Gasteiger partial charge in [-0.1, -0.05) is 55.8 Å². The highest BCUT2D eigenvalue weighted by molar-refractivity contribution is 5.47. The molecule has 0 amide bonds. The van der Waals surface area contributed by atoms with Crippen molar-refractivity contribution in [1.82, 2.24) is 0 Å². The number of fused-ring (bicyclic) bond motifs is 2. The summed E-state index contributed by atoms with van der Waals surface area (Å²) in [5.74, 6) is 1.80. The third-order valence-corrected chi connectivity index (χ3v) is 4.46. The van der Waals surface area contributed by atoms with Crippen LogP contribution in [0.15, 0.2) is 48.5 Å². The van der Waals surface area contributed by atoms with Gasteiger partial charge in [-0.15, -0.1) is 0 Å². The van der Waals surface area contributed by atoms with Crippen LogP contribution in [0.2, 0.25) is 0 Å². The molecule has 2 unspecified atom stereocenters. The lowest BCUT2D eigenvalue weighted by Gasteiger charge is -2.27. The summed E-state index contributed by atoms with van der Waals surface area (Å²) >= 11 is 0. The average molecular weight is 281 g/mol. The predicted molar refractivity (Wildman–Crippen MR) is 86.5 cm³/mol. The molecular formula is C19H23NO. The molecule has 0 aromatic heterocycles. The minimum absolute atomic E-state index is 0.338. The maximum absolute atomic E-state index is 6.11. The molecule has 21 heavy (non-hydrogen) atoms. The Kier molecular flexibility index (Phi) is 4.26. The van der Waals surface area contributed by atoms with Crippen LogP contribution in [0.4, 0.5) is 0 Å². The van der Waals surface area contributed by atoms with E-state index >= 15 is 0 Å². The summed E-state index contributed by atoms with van der Waals surface area (Å²) in [5.41, 5.74) is 10.1. The maximum Gasteiger partial charge on any atom is 0.123 e. The van der Waals surface area contributed by atoms with Gasteiger partial charge in [0.05, 0.1) is 0 Å². The van der Waals surface area contributed by atoms with E-state index in [9.17, 15) is 0 Å². The van der Waals surface area contributed by atoms with Gasteiger partial charge in [0.15, 0.2) is 0 Å². The Hall–Kier alpha value is -1.80. The van der Waals surface area contributed by atoms with E-state index in [2.05, 4.69) is 49.4 Å². The molecule has 2 aromatic rings. The normalized spacial score (nSPS) is 18.1. The first-order valence-electron chi connectivity index (χ1n) is 7.84. The zero-order chi connectivity index (χ0) is 14.7. The second-order valence-electron chi connectivity index (χ2n) is 5.79. The minimum Gasteiger partial charge on any atom is -0.489 e. The van der Waals surface area contributed by atoms with Crippen molar-refractivity contribution in [1.29, 1.82) is 0 Å². The number of ether oxygens (including phenoxy) is 1. The number of hydrogen-bond acceptors (Lipinski definition) is 2. The minimum atomic E-state index is 0.338. The molecule has 0 spiro atoms. The molecule has 0 saturated carbocycles. The van der Waals surface area contributed by atoms with Gasteiger partial charge < -0.3 is 10.5 Å². The smallest absolute Gasteiger partial charge is 0.123 e. The fraction of sp³-hybridized carbons (Fsp3) is 0.368. The molecule has 1 heterocycles. The summed E-state index contributed by atoms with van der Waals surface area (Å²) in [6, 6.07) is 17.0. The molecule has 3 rings (SSSR count). The molecule has 0 radical (unpaired) electrons. The van der Waals surface area contributed by atoms with Crippen molar-refractivity contribution in [2.45, 2.75) is 32.3 Å². The van der Waals surface area contributed by atoms with Crippen LogP contribution >= 0.6 is 0 Å². The van der Waals surface area contributed by atoms with Gasteiger partial charge in [-0.05, 0) is 36.1 Å². The van der Waals surface area contributed by atoms with Crippen LogP contribution in [0.1, 0.15) is 42.4 Å². The SMILES string of the molecule is CCCC(CN)C1c2ccccc2COc2ccccc21. The maximum atomic E-state index is 6.11. The third-order valence-electron chi connectivity index (χ3n) is 4.46. The van der Waals surface area contributed by atoms with E-state index in [0.717, 1.165) is 18.6 Å². The molecule has 1 aliphatic rings. The summed E-state index contributed by atoms with van der Waals surface area (Å²) in [6.07, 6.45) is 2.30. The van der Waals surface area contributed by atoms with Crippen molar-refractivity contribution < 1.29 is 4.74 Å². The third kappa shape index (κ3) is 2.68. The lowest BCUT2D eigenvalue weighted by Crippen LogP contribution is -2.23. The summed E-state index contributed by atoms with van der Waals surface area (Å²) in [5, 5.41) is 0. The largest absolute Gasteiger partial charge is 0.489 e. The van der Waals surface area contributed by atoms with Gasteiger partial charge in [-0.3, -0.25) is 0 Å². The van der Waals surface area contributed by atoms with Crippen LogP contribution in [0.5, 0.6) is 5.75 Å². The number of hydrogen-bond donors (Lipinski definition) is 1. The highest BCUT2D eigenvalue weighted by atomic mass is 16.5. The molecule has 110 valence electrons. The second kappa shape index (κ2) is 6.31. The van der Waals surface area contributed by atoms with Crippen molar-refractivity contribution in [2.75, 3.05) is 6.54 Å². The van der Waals surface area contributed by atoms with Gasteiger partial charge >= 0.3 is 0 Å². The average Bonchev–Trinajstić information content (AvgIpc) is 2.70. The van der Waals surface area contributed by atoms with E-state index in [0.29, 0.717) is 25.0 Å². The number of benzene rings is 2. The van der Waals surface area contributed by atoms with E-state index in [1.165, 1.54) is 16.7 Å². The van der Waals surface area contributed by atoms with Gasteiger partial charge in [0.2, 0.25) is 0 Å². The first kappa shape index (κ1) is 14.2. The molecule has 2 aromatic carbocycles. The van der Waals surface area contributed by atoms with Crippen molar-refractivity contribution in [3.8, 4) is 5.75 Å². The molecule has 0 aliphatic carbocycles. The molecule has 2 N–H and O–H groups in total. The van der Waals surface area contributed by atoms with Crippen LogP contribution in [0.25, 0.3) is 0 Å². The van der Waals surface area contributed by atoms with Crippen LogP contribution in [-0.2, 0) is 6.61 Å². The Morgan fingerprint density at radius 3 is 2.57 bits per heavy atom. The molecule has 0 bridgehead atoms. The van der Waals surface area contributed by atoms with Gasteiger partial charge in [-0.2, -0.15) is 0 Å². The fourth-order valence-corrected chi connectivity index (χ4v) is 3.46. The second-order valence-corrected chi connectivity index (χ2v) is 5.79. The van der Waals surface area contributed by atoms with Crippen molar-refractivity contribution in [2.24, 2.45) is 11.7 Å². The van der Waals surface area contributed by atoms with Crippen molar-refractivity contribution in [3.05, 3.63) is 65.2 Å². The van der Waals surface area contributed by atoms with E-state index in [-0.39, 0.29) is 0 Å². The van der Waals surface area contributed by atoms with Gasteiger partial charge in [0.25, 0.3) is 0 Å². The van der Waals surface area contributed by atoms with Crippen molar-refractivity contribution >= 4 is 0 Å². The predicted octanol–water partition coefficient (Wildman–Crippen LogP) is 4.09. The molecule has 0 fully saturated rings. The standard InChI is InChI=1S/C19H23NO/c1-2-7-14(12-20)19-16-9-4-3-8-15(16)13-21-18-11-6-5-10-17(18)19/h3-6,8-11,14,19H,2,7,12-13,20H2,1H3. The highest BCUT2D eigenvalue weighted by Gasteiger charge is 2.29. The summed E-state index contributed by atoms with van der Waals surface area (Å²) in [6.45, 7) is 3.59. The molecule has 1 aliphatic heterocycles. The molecular weight excluding hydrogens is 258 g/mol. The first-order valence-corrected chi connectivity index (χ1v) is 7.84. The zero-order valence-corrected chi connectivity index (χ0v) is 12.6. The Bertz CT molecular complexity index is 561. The summed E-state index contributed by atoms with van der Waals surface area (Å²) in [7, 11) is 0. The molecule has 2 atom stereocenters. The lowest BCUT2D eigenvalue weighted by atomic mass is 9.77. The lowest BCUT2D eigenvalue weighted by molar-refractivity contribution is 0.306. The molecule has 2 heteroatoms. The Morgan fingerprint density at radius 1 is 1.10 bits per heavy atom. The van der Waals surface area contributed by atoms with Crippen molar-refractivity contribution in [3.63, 3.8) is 0 Å². The quantitative estimate of drug-likeness (QED) is 0.916. The van der Waals surface area contributed by atoms with Gasteiger partial charge in [-0.25, -0.2) is 0 Å². The van der Waals surface area contributed by atoms with Gasteiger partial charge in [0.1, 0.15) is 12.4 Å². The van der Waals surface area contributed by atoms with E-state index in [1.54, 1.807) is 0 Å². The zero-order valence-electron chi connectivity index (χ0n) is 12.6. The fourth-order valence-electron chi connectivity index (χ4n) is 3.46. The van der Waals surface area contributed by atoms with Crippen LogP contribution in [0.3, 0.4) is 0 Å². The van der Waals surface area contributed by atoms with E-state index < -0.39 is 0 Å². The first-order chi connectivity index (χ1) is 10.3. The van der Waals surface area contributed by atoms with Crippen LogP contribution < -0.4 is 10.5 Å². The van der Waals surface area contributed by atoms with Crippen LogP contribution in [0, 0.1) is 5.92 Å². The molecule has 2 nitrogen and oxygen atoms in total. The van der Waals surface area contributed by atoms with E-state index in [1.807, 2.05) is 6.07 Å². The Balaban J connectivity index is 2.14. The summed E-state index contributed by atoms with van der Waals surface area (Å²) in [4.78, 5) is 0. The number of rotatable bonds is 4. The number of nitrogens with two attached hydrogens (primary N) is 1. The highest BCUT2D eigenvalue weighted by Crippen LogP contribution is 2.42. The Labute approximate surface area is 126 Å². The topological polar surface area (TPSA) is 35.2 Å². The van der Waals surface area contributed by atoms with E-state index in [4.69, 9.17) is 10.5 Å². The Morgan fingerprint density at radius 2 is 1.81 bits per heavy atom. The monoisotopic (exact) mass is 281 g/mol.